The molecule has 0 amide bonds. The summed E-state index contributed by atoms with van der Waals surface area (Å²) in [5.41, 5.74) is 0.711. The molecule has 0 saturated heterocycles. The standard InChI is InChI=1S/C16H13FN2O4/c1-8-12(7-19(3)18-8)15-16(22-9(2)20)14(21)11-6-10(17)4-5-13(11)23-15/h4-7H,1-3H3. The molecule has 0 radical (unpaired) electrons. The van der Waals surface area contributed by atoms with Crippen LogP contribution in [0.1, 0.15) is 12.6 Å². The molecule has 23 heavy (non-hydrogen) atoms. The quantitative estimate of drug-likeness (QED) is 0.679. The summed E-state index contributed by atoms with van der Waals surface area (Å²) < 4.78 is 25.7. The molecule has 6 nitrogen and oxygen atoms in total. The first kappa shape index (κ1) is 15.0. The molecule has 0 N–H and O–H groups in total. The Hall–Kier alpha value is -2.96. The van der Waals surface area contributed by atoms with Gasteiger partial charge >= 0.3 is 5.97 Å². The highest BCUT2D eigenvalue weighted by atomic mass is 19.1. The van der Waals surface area contributed by atoms with Crippen LogP contribution in [0.4, 0.5) is 4.39 Å². The van der Waals surface area contributed by atoms with E-state index in [1.165, 1.54) is 19.1 Å². The van der Waals surface area contributed by atoms with E-state index in [0.29, 0.717) is 11.3 Å². The third-order valence-electron chi connectivity index (χ3n) is 3.31. The molecule has 0 fully saturated rings. The van der Waals surface area contributed by atoms with Gasteiger partial charge in [-0.1, -0.05) is 0 Å². The van der Waals surface area contributed by atoms with Crippen molar-refractivity contribution in [1.29, 1.82) is 0 Å². The number of halogens is 1. The van der Waals surface area contributed by atoms with Gasteiger partial charge in [0.1, 0.15) is 11.4 Å². The normalized spacial score (nSPS) is 11.0. The monoisotopic (exact) mass is 316 g/mol. The first-order valence-corrected chi connectivity index (χ1v) is 6.82. The Morgan fingerprint density at radius 3 is 2.74 bits per heavy atom. The van der Waals surface area contributed by atoms with E-state index in [-0.39, 0.29) is 22.5 Å². The van der Waals surface area contributed by atoms with Gasteiger partial charge in [-0.15, -0.1) is 0 Å². The number of carbonyl (C=O) groups excluding carboxylic acids is 1. The summed E-state index contributed by atoms with van der Waals surface area (Å²) in [4.78, 5) is 23.9. The number of fused-ring (bicyclic) bond motifs is 1. The molecular weight excluding hydrogens is 303 g/mol. The van der Waals surface area contributed by atoms with E-state index in [4.69, 9.17) is 9.15 Å². The highest BCUT2D eigenvalue weighted by molar-refractivity contribution is 5.84. The number of rotatable bonds is 2. The molecule has 0 spiro atoms. The van der Waals surface area contributed by atoms with Crippen molar-refractivity contribution in [2.75, 3.05) is 0 Å². The molecule has 7 heteroatoms. The Balaban J connectivity index is 2.39. The molecule has 118 valence electrons. The lowest BCUT2D eigenvalue weighted by Gasteiger charge is -2.08. The van der Waals surface area contributed by atoms with Crippen molar-refractivity contribution >= 4 is 16.9 Å². The molecule has 0 saturated carbocycles. The zero-order chi connectivity index (χ0) is 16.7. The lowest BCUT2D eigenvalue weighted by molar-refractivity contribution is -0.131. The zero-order valence-electron chi connectivity index (χ0n) is 12.7. The Labute approximate surface area is 130 Å². The van der Waals surface area contributed by atoms with Gasteiger partial charge in [-0.05, 0) is 25.1 Å². The van der Waals surface area contributed by atoms with Crippen LogP contribution in [0.2, 0.25) is 0 Å². The van der Waals surface area contributed by atoms with Crippen molar-refractivity contribution in [1.82, 2.24) is 9.78 Å². The molecule has 0 aliphatic rings. The lowest BCUT2D eigenvalue weighted by Crippen LogP contribution is -2.13. The van der Waals surface area contributed by atoms with Gasteiger partial charge in [0.2, 0.25) is 11.2 Å². The number of nitrogens with zero attached hydrogens (tertiary/aromatic N) is 2. The predicted octanol–water partition coefficient (Wildman–Crippen LogP) is 2.57. The molecule has 2 aromatic heterocycles. The second-order valence-electron chi connectivity index (χ2n) is 5.13. The third kappa shape index (κ3) is 2.61. The Morgan fingerprint density at radius 1 is 1.39 bits per heavy atom. The topological polar surface area (TPSA) is 74.3 Å². The largest absolute Gasteiger partial charge is 0.452 e. The maximum Gasteiger partial charge on any atom is 0.308 e. The van der Waals surface area contributed by atoms with Crippen LogP contribution in [-0.4, -0.2) is 15.7 Å². The summed E-state index contributed by atoms with van der Waals surface area (Å²) in [6.45, 7) is 2.91. The minimum atomic E-state index is -0.671. The van der Waals surface area contributed by atoms with Gasteiger partial charge < -0.3 is 9.15 Å². The second kappa shape index (κ2) is 5.35. The Morgan fingerprint density at radius 2 is 2.13 bits per heavy atom. The molecule has 0 aliphatic heterocycles. The molecule has 0 bridgehead atoms. The highest BCUT2D eigenvalue weighted by Crippen LogP contribution is 2.32. The molecular formula is C16H13FN2O4. The summed E-state index contributed by atoms with van der Waals surface area (Å²) in [6.07, 6.45) is 1.65. The van der Waals surface area contributed by atoms with Crippen LogP contribution >= 0.6 is 0 Å². The van der Waals surface area contributed by atoms with Crippen LogP contribution in [0.15, 0.2) is 33.6 Å². The Kier molecular flexibility index (Phi) is 3.48. The molecule has 0 unspecified atom stereocenters. The highest BCUT2D eigenvalue weighted by Gasteiger charge is 2.22. The van der Waals surface area contributed by atoms with Crippen LogP contribution in [0.25, 0.3) is 22.3 Å². The average Bonchev–Trinajstić information content (AvgIpc) is 2.80. The van der Waals surface area contributed by atoms with Crippen molar-refractivity contribution in [2.24, 2.45) is 7.05 Å². The van der Waals surface area contributed by atoms with E-state index >= 15 is 0 Å². The van der Waals surface area contributed by atoms with Crippen LogP contribution in [0.5, 0.6) is 5.75 Å². The summed E-state index contributed by atoms with van der Waals surface area (Å²) in [5, 5.41) is 4.19. The third-order valence-corrected chi connectivity index (χ3v) is 3.31. The Bertz CT molecular complexity index is 988. The minimum absolute atomic E-state index is 0.00606. The number of aryl methyl sites for hydroxylation is 2. The number of benzene rings is 1. The first-order chi connectivity index (χ1) is 10.9. The fraction of sp³-hybridized carbons (Fsp3) is 0.188. The molecule has 3 aromatic rings. The molecule has 0 aliphatic carbocycles. The van der Waals surface area contributed by atoms with Crippen LogP contribution in [0, 0.1) is 12.7 Å². The van der Waals surface area contributed by atoms with E-state index < -0.39 is 17.2 Å². The number of carbonyl (C=O) groups is 1. The van der Waals surface area contributed by atoms with E-state index in [2.05, 4.69) is 5.10 Å². The smallest absolute Gasteiger partial charge is 0.308 e. The summed E-state index contributed by atoms with van der Waals surface area (Å²) in [6, 6.07) is 3.60. The number of hydrogen-bond acceptors (Lipinski definition) is 5. The van der Waals surface area contributed by atoms with Gasteiger partial charge in [0, 0.05) is 20.2 Å². The van der Waals surface area contributed by atoms with Crippen molar-refractivity contribution in [3.63, 3.8) is 0 Å². The van der Waals surface area contributed by atoms with Gasteiger partial charge in [0.15, 0.2) is 5.76 Å². The summed E-state index contributed by atoms with van der Waals surface area (Å²) in [5.74, 6) is -1.43. The van der Waals surface area contributed by atoms with Gasteiger partial charge in [0.05, 0.1) is 16.6 Å². The van der Waals surface area contributed by atoms with Crippen LogP contribution in [0.3, 0.4) is 0 Å². The van der Waals surface area contributed by atoms with Gasteiger partial charge in [-0.25, -0.2) is 4.39 Å². The van der Waals surface area contributed by atoms with Crippen molar-refractivity contribution < 1.29 is 18.3 Å². The second-order valence-corrected chi connectivity index (χ2v) is 5.13. The predicted molar refractivity (Wildman–Crippen MR) is 80.7 cm³/mol. The fourth-order valence-corrected chi connectivity index (χ4v) is 2.39. The summed E-state index contributed by atoms with van der Waals surface area (Å²) in [7, 11) is 1.72. The molecule has 3 rings (SSSR count). The minimum Gasteiger partial charge on any atom is -0.452 e. The van der Waals surface area contributed by atoms with Gasteiger partial charge in [0.25, 0.3) is 0 Å². The number of ether oxygens (including phenoxy) is 1. The maximum absolute atomic E-state index is 13.4. The van der Waals surface area contributed by atoms with E-state index in [1.807, 2.05) is 0 Å². The number of esters is 1. The fourth-order valence-electron chi connectivity index (χ4n) is 2.39. The van der Waals surface area contributed by atoms with E-state index in [1.54, 1.807) is 24.9 Å². The SMILES string of the molecule is CC(=O)Oc1c(-c2cn(C)nc2C)oc2ccc(F)cc2c1=O. The average molecular weight is 316 g/mol. The van der Waals surface area contributed by atoms with Gasteiger partial charge in [-0.3, -0.25) is 14.3 Å². The number of hydrogen-bond donors (Lipinski definition) is 0. The molecule has 1 aromatic carbocycles. The van der Waals surface area contributed by atoms with Crippen molar-refractivity contribution in [3.05, 3.63) is 46.1 Å². The van der Waals surface area contributed by atoms with Gasteiger partial charge in [-0.2, -0.15) is 5.10 Å². The van der Waals surface area contributed by atoms with E-state index in [9.17, 15) is 14.0 Å². The number of aromatic nitrogens is 2. The van der Waals surface area contributed by atoms with Crippen LogP contribution < -0.4 is 10.2 Å². The first-order valence-electron chi connectivity index (χ1n) is 6.82. The molecule has 0 atom stereocenters. The van der Waals surface area contributed by atoms with Crippen molar-refractivity contribution in [3.8, 4) is 17.1 Å². The van der Waals surface area contributed by atoms with Crippen molar-refractivity contribution in [2.45, 2.75) is 13.8 Å². The van der Waals surface area contributed by atoms with E-state index in [0.717, 1.165) is 6.07 Å². The molecule has 2 heterocycles. The maximum atomic E-state index is 13.4. The summed E-state index contributed by atoms with van der Waals surface area (Å²) >= 11 is 0. The van der Waals surface area contributed by atoms with Crippen LogP contribution in [-0.2, 0) is 11.8 Å². The zero-order valence-corrected chi connectivity index (χ0v) is 12.7. The lowest BCUT2D eigenvalue weighted by atomic mass is 10.1.